The molecule has 0 aliphatic carbocycles. The Morgan fingerprint density at radius 1 is 1.00 bits per heavy atom. The lowest BCUT2D eigenvalue weighted by Gasteiger charge is -2.50. The van der Waals surface area contributed by atoms with E-state index >= 15 is 0 Å². The van der Waals surface area contributed by atoms with Crippen LogP contribution in [-0.2, 0) is 21.9 Å². The molecule has 1 fully saturated rings. The monoisotopic (exact) mass is 525 g/mol. The number of alkyl halides is 3. The fraction of sp³-hybridized carbons (Fsp3) is 0.520. The average Bonchev–Trinajstić information content (AvgIpc) is 3.25. The molecule has 196 valence electrons. The molecule has 0 bridgehead atoms. The number of hydrogen-bond acceptors (Lipinski definition) is 5. The van der Waals surface area contributed by atoms with Crippen LogP contribution in [0.3, 0.4) is 0 Å². The molecule has 0 saturated carbocycles. The van der Waals surface area contributed by atoms with Gasteiger partial charge in [0.1, 0.15) is 0 Å². The second-order valence-electron chi connectivity index (χ2n) is 9.90. The van der Waals surface area contributed by atoms with Crippen molar-refractivity contribution in [2.75, 3.05) is 26.7 Å². The smallest absolute Gasteiger partial charge is 0.339 e. The summed E-state index contributed by atoms with van der Waals surface area (Å²) in [4.78, 5) is 29.2. The van der Waals surface area contributed by atoms with Gasteiger partial charge < -0.3 is 9.47 Å². The molecular formula is C25H30F3N3O4S. The summed E-state index contributed by atoms with van der Waals surface area (Å²) in [5.41, 5.74) is 0.725. The molecule has 4 rings (SSSR count). The minimum Gasteiger partial charge on any atom is -0.339 e. The zero-order valence-corrected chi connectivity index (χ0v) is 21.5. The molecule has 11 heteroatoms. The SMILES string of the molecule is Cc1cc(S(=O)(=O)C(C)C)ccc1C(=O)N1CCC2(CC1)c1ccc(C(=O)C(F)(F)F)n1CCN2C. The van der Waals surface area contributed by atoms with Crippen molar-refractivity contribution in [3.63, 3.8) is 0 Å². The zero-order chi connectivity index (χ0) is 26.6. The number of amides is 1. The third kappa shape index (κ3) is 4.26. The number of ketones is 1. The maximum absolute atomic E-state index is 13.3. The Morgan fingerprint density at radius 2 is 1.64 bits per heavy atom. The average molecular weight is 526 g/mol. The van der Waals surface area contributed by atoms with Gasteiger partial charge in [-0.15, -0.1) is 0 Å². The fourth-order valence-corrected chi connectivity index (χ4v) is 6.47. The van der Waals surface area contributed by atoms with Crippen LogP contribution in [0.5, 0.6) is 0 Å². The van der Waals surface area contributed by atoms with Crippen LogP contribution >= 0.6 is 0 Å². The Balaban J connectivity index is 1.56. The van der Waals surface area contributed by atoms with Gasteiger partial charge in [-0.2, -0.15) is 13.2 Å². The summed E-state index contributed by atoms with van der Waals surface area (Å²) in [5, 5.41) is -0.574. The topological polar surface area (TPSA) is 79.7 Å². The Hall–Kier alpha value is -2.66. The molecular weight excluding hydrogens is 495 g/mol. The molecule has 2 aliphatic heterocycles. The maximum atomic E-state index is 13.3. The molecule has 0 radical (unpaired) electrons. The van der Waals surface area contributed by atoms with Gasteiger partial charge in [0.25, 0.3) is 11.7 Å². The predicted octanol–water partition coefficient (Wildman–Crippen LogP) is 3.80. The molecule has 0 atom stereocenters. The minimum absolute atomic E-state index is 0.179. The highest BCUT2D eigenvalue weighted by Crippen LogP contribution is 2.42. The van der Waals surface area contributed by atoms with Crippen molar-refractivity contribution in [3.05, 3.63) is 52.8 Å². The Labute approximate surface area is 208 Å². The van der Waals surface area contributed by atoms with Crippen LogP contribution in [-0.4, -0.2) is 72.6 Å². The van der Waals surface area contributed by atoms with Gasteiger partial charge in [-0.25, -0.2) is 8.42 Å². The Bertz CT molecular complexity index is 1310. The van der Waals surface area contributed by atoms with Crippen molar-refractivity contribution in [3.8, 4) is 0 Å². The lowest BCUT2D eigenvalue weighted by Crippen LogP contribution is -2.56. The van der Waals surface area contributed by atoms with Gasteiger partial charge in [-0.1, -0.05) is 0 Å². The first-order valence-electron chi connectivity index (χ1n) is 11.9. The standard InChI is InChI=1S/C25H30F3N3O4S/c1-16(2)36(34,35)18-5-6-19(17(3)15-18)23(33)30-11-9-24(10-12-30)21-8-7-20(22(32)25(26,27)28)31(21)14-13-29(24)4/h5-8,15-16H,9-14H2,1-4H3. The van der Waals surface area contributed by atoms with Gasteiger partial charge in [0.2, 0.25) is 0 Å². The summed E-state index contributed by atoms with van der Waals surface area (Å²) in [5.74, 6) is -2.06. The highest BCUT2D eigenvalue weighted by Gasteiger charge is 2.48. The maximum Gasteiger partial charge on any atom is 0.456 e. The van der Waals surface area contributed by atoms with E-state index in [1.54, 1.807) is 37.8 Å². The van der Waals surface area contributed by atoms with Crippen molar-refractivity contribution in [1.29, 1.82) is 0 Å². The molecule has 1 saturated heterocycles. The molecule has 1 aromatic heterocycles. The van der Waals surface area contributed by atoms with E-state index in [0.717, 1.165) is 0 Å². The summed E-state index contributed by atoms with van der Waals surface area (Å²) in [6.07, 6.45) is -3.95. The van der Waals surface area contributed by atoms with Crippen LogP contribution in [0.1, 0.15) is 58.8 Å². The number of aryl methyl sites for hydroxylation is 1. The number of sulfone groups is 1. The number of benzene rings is 1. The normalized spacial score (nSPS) is 18.5. The van der Waals surface area contributed by atoms with E-state index in [1.807, 2.05) is 7.05 Å². The second-order valence-corrected chi connectivity index (χ2v) is 12.4. The van der Waals surface area contributed by atoms with Gasteiger partial charge in [0.05, 0.1) is 21.4 Å². The van der Waals surface area contributed by atoms with Gasteiger partial charge in [0, 0.05) is 37.4 Å². The van der Waals surface area contributed by atoms with Crippen LogP contribution < -0.4 is 0 Å². The van der Waals surface area contributed by atoms with Crippen molar-refractivity contribution in [2.45, 2.75) is 62.0 Å². The molecule has 1 spiro atoms. The molecule has 7 nitrogen and oxygen atoms in total. The van der Waals surface area contributed by atoms with Crippen molar-refractivity contribution >= 4 is 21.5 Å². The van der Waals surface area contributed by atoms with E-state index in [1.165, 1.54) is 22.8 Å². The molecule has 1 amide bonds. The van der Waals surface area contributed by atoms with Crippen molar-refractivity contribution < 1.29 is 31.2 Å². The third-order valence-electron chi connectivity index (χ3n) is 7.59. The van der Waals surface area contributed by atoms with E-state index in [9.17, 15) is 31.2 Å². The van der Waals surface area contributed by atoms with Gasteiger partial charge in [-0.05, 0) is 76.6 Å². The molecule has 0 N–H and O–H groups in total. The number of fused-ring (bicyclic) bond motifs is 2. The highest BCUT2D eigenvalue weighted by molar-refractivity contribution is 7.92. The van der Waals surface area contributed by atoms with Crippen molar-refractivity contribution in [2.24, 2.45) is 0 Å². The summed E-state index contributed by atoms with van der Waals surface area (Å²) >= 11 is 0. The number of likely N-dealkylation sites (tertiary alicyclic amines) is 1. The lowest BCUT2D eigenvalue weighted by molar-refractivity contribution is -0.0892. The number of carbonyl (C=O) groups is 2. The Kier molecular flexibility index (Phi) is 6.62. The number of halogens is 3. The summed E-state index contributed by atoms with van der Waals surface area (Å²) < 4.78 is 65.8. The molecule has 1 aromatic carbocycles. The van der Waals surface area contributed by atoms with Crippen LogP contribution in [0.4, 0.5) is 13.2 Å². The van der Waals surface area contributed by atoms with E-state index in [4.69, 9.17) is 0 Å². The number of aromatic nitrogens is 1. The number of Topliss-reactive ketones (excluding diaryl/α,β-unsaturated/α-hetero) is 1. The second kappa shape index (κ2) is 9.02. The van der Waals surface area contributed by atoms with Crippen LogP contribution in [0.2, 0.25) is 0 Å². The molecule has 2 aromatic rings. The summed E-state index contributed by atoms with van der Waals surface area (Å²) in [6, 6.07) is 7.38. The number of carbonyl (C=O) groups excluding carboxylic acids is 2. The predicted molar refractivity (Wildman–Crippen MR) is 128 cm³/mol. The van der Waals surface area contributed by atoms with Gasteiger partial charge in [0.15, 0.2) is 9.84 Å². The van der Waals surface area contributed by atoms with E-state index < -0.39 is 32.6 Å². The van der Waals surface area contributed by atoms with E-state index in [2.05, 4.69) is 4.90 Å². The van der Waals surface area contributed by atoms with Crippen LogP contribution in [0.15, 0.2) is 35.2 Å². The van der Waals surface area contributed by atoms with Crippen molar-refractivity contribution in [1.82, 2.24) is 14.4 Å². The Morgan fingerprint density at radius 3 is 2.19 bits per heavy atom. The van der Waals surface area contributed by atoms with Gasteiger partial charge >= 0.3 is 6.18 Å². The van der Waals surface area contributed by atoms with Crippen LogP contribution in [0, 0.1) is 6.92 Å². The number of likely N-dealkylation sites (N-methyl/N-ethyl adjacent to an activating group) is 1. The quantitative estimate of drug-likeness (QED) is 0.568. The largest absolute Gasteiger partial charge is 0.456 e. The first-order chi connectivity index (χ1) is 16.7. The number of rotatable bonds is 4. The molecule has 3 heterocycles. The first kappa shape index (κ1) is 26.4. The number of piperidine rings is 1. The minimum atomic E-state index is -4.94. The molecule has 36 heavy (non-hydrogen) atoms. The summed E-state index contributed by atoms with van der Waals surface area (Å²) in [6.45, 7) is 6.44. The van der Waals surface area contributed by atoms with E-state index in [0.29, 0.717) is 49.3 Å². The lowest BCUT2D eigenvalue weighted by atomic mass is 9.81. The summed E-state index contributed by atoms with van der Waals surface area (Å²) in [7, 11) is -1.55. The van der Waals surface area contributed by atoms with E-state index in [-0.39, 0.29) is 23.0 Å². The molecule has 0 unspecified atom stereocenters. The molecule has 2 aliphatic rings. The third-order valence-corrected chi connectivity index (χ3v) is 9.74. The fourth-order valence-electron chi connectivity index (χ4n) is 5.33. The zero-order valence-electron chi connectivity index (χ0n) is 20.7. The number of nitrogens with zero attached hydrogens (tertiary/aromatic N) is 3. The van der Waals surface area contributed by atoms with Crippen LogP contribution in [0.25, 0.3) is 0 Å². The highest BCUT2D eigenvalue weighted by atomic mass is 32.2. The van der Waals surface area contributed by atoms with Gasteiger partial charge in [-0.3, -0.25) is 14.5 Å². The first-order valence-corrected chi connectivity index (χ1v) is 13.4. The number of hydrogen-bond donors (Lipinski definition) is 0.